The van der Waals surface area contributed by atoms with E-state index in [9.17, 15) is 0 Å². The van der Waals surface area contributed by atoms with Crippen LogP contribution >= 0.6 is 0 Å². The van der Waals surface area contributed by atoms with Crippen LogP contribution in [0.2, 0.25) is 0 Å². The standard InChI is InChI=1S/C49H36N2O/c1-3-12-44-45-33-41(31-32-49(45)52-48(44)4-2)50(38-25-19-35(20-26-38)34-13-6-5-7-14-34)39-27-21-36(22-28-39)37-23-29-40(30-24-37)51-46-17-10-8-15-42(46)43-16-9-11-18-47(43)51/h3-33H,2H2,1H3/b12-3-. The minimum atomic E-state index is 0.775. The molecule has 0 aliphatic rings. The highest BCUT2D eigenvalue weighted by Gasteiger charge is 2.17. The highest BCUT2D eigenvalue weighted by atomic mass is 16.3. The SMILES string of the molecule is C=Cc1oc2ccc(N(c3ccc(-c4ccccc4)cc3)c3ccc(-c4ccc(-n5c6ccccc6c6ccccc65)cc4)cc3)cc2c1/C=C\C. The molecular weight excluding hydrogens is 633 g/mol. The number of anilines is 3. The second-order valence-electron chi connectivity index (χ2n) is 13.0. The maximum absolute atomic E-state index is 6.16. The van der Waals surface area contributed by atoms with E-state index in [-0.39, 0.29) is 0 Å². The molecule has 0 N–H and O–H groups in total. The largest absolute Gasteiger partial charge is 0.456 e. The van der Waals surface area contributed by atoms with Crippen molar-refractivity contribution < 1.29 is 4.42 Å². The number of nitrogens with zero attached hydrogens (tertiary/aromatic N) is 2. The second-order valence-corrected chi connectivity index (χ2v) is 13.0. The third-order valence-electron chi connectivity index (χ3n) is 9.91. The number of hydrogen-bond donors (Lipinski definition) is 0. The molecule has 7 aromatic carbocycles. The molecule has 0 bridgehead atoms. The molecule has 0 aliphatic carbocycles. The Kier molecular flexibility index (Phi) is 7.87. The van der Waals surface area contributed by atoms with E-state index in [2.05, 4.69) is 192 Å². The summed E-state index contributed by atoms with van der Waals surface area (Å²) < 4.78 is 8.52. The van der Waals surface area contributed by atoms with Gasteiger partial charge in [-0.25, -0.2) is 0 Å². The number of hydrogen-bond acceptors (Lipinski definition) is 2. The van der Waals surface area contributed by atoms with Gasteiger partial charge in [0.05, 0.1) is 11.0 Å². The minimum absolute atomic E-state index is 0.775. The number of para-hydroxylation sites is 2. The maximum Gasteiger partial charge on any atom is 0.135 e. The van der Waals surface area contributed by atoms with E-state index in [1.165, 1.54) is 38.5 Å². The van der Waals surface area contributed by atoms with Gasteiger partial charge in [-0.3, -0.25) is 0 Å². The van der Waals surface area contributed by atoms with Gasteiger partial charge in [0.25, 0.3) is 0 Å². The van der Waals surface area contributed by atoms with Crippen molar-refractivity contribution >= 4 is 62.0 Å². The Hall–Kier alpha value is -6.84. The second kappa shape index (κ2) is 13.1. The lowest BCUT2D eigenvalue weighted by atomic mass is 10.0. The van der Waals surface area contributed by atoms with Crippen LogP contribution in [-0.2, 0) is 0 Å². The van der Waals surface area contributed by atoms with Crippen LogP contribution in [0.5, 0.6) is 0 Å². The lowest BCUT2D eigenvalue weighted by molar-refractivity contribution is 0.603. The molecule has 0 atom stereocenters. The monoisotopic (exact) mass is 668 g/mol. The first-order valence-electron chi connectivity index (χ1n) is 17.7. The van der Waals surface area contributed by atoms with Gasteiger partial charge in [0.2, 0.25) is 0 Å². The quantitative estimate of drug-likeness (QED) is 0.161. The van der Waals surface area contributed by atoms with Gasteiger partial charge in [0, 0.05) is 44.5 Å². The summed E-state index contributed by atoms with van der Waals surface area (Å²) in [6, 6.07) is 60.7. The predicted molar refractivity (Wildman–Crippen MR) is 221 cm³/mol. The van der Waals surface area contributed by atoms with E-state index < -0.39 is 0 Å². The van der Waals surface area contributed by atoms with Crippen LogP contribution in [-0.4, -0.2) is 4.57 Å². The third-order valence-corrected chi connectivity index (χ3v) is 9.91. The van der Waals surface area contributed by atoms with Crippen LogP contribution in [0.3, 0.4) is 0 Å². The number of rotatable bonds is 8. The van der Waals surface area contributed by atoms with Gasteiger partial charge in [-0.1, -0.05) is 122 Å². The van der Waals surface area contributed by atoms with E-state index in [1.807, 2.05) is 13.0 Å². The van der Waals surface area contributed by atoms with Crippen LogP contribution in [0.15, 0.2) is 187 Å². The van der Waals surface area contributed by atoms with Gasteiger partial charge in [0.15, 0.2) is 0 Å². The molecule has 0 radical (unpaired) electrons. The van der Waals surface area contributed by atoms with E-state index in [1.54, 1.807) is 6.08 Å². The fourth-order valence-electron chi connectivity index (χ4n) is 7.44. The van der Waals surface area contributed by atoms with Crippen molar-refractivity contribution in [1.82, 2.24) is 4.57 Å². The van der Waals surface area contributed by atoms with Crippen LogP contribution in [0.1, 0.15) is 18.2 Å². The molecule has 3 heteroatoms. The minimum Gasteiger partial charge on any atom is -0.456 e. The Labute approximate surface area is 303 Å². The van der Waals surface area contributed by atoms with Crippen molar-refractivity contribution in [2.24, 2.45) is 0 Å². The van der Waals surface area contributed by atoms with Crippen LogP contribution in [0.25, 0.3) is 72.9 Å². The zero-order valence-electron chi connectivity index (χ0n) is 28.9. The number of furan rings is 1. The molecule has 52 heavy (non-hydrogen) atoms. The number of aromatic nitrogens is 1. The highest BCUT2D eigenvalue weighted by molar-refractivity contribution is 6.09. The first-order chi connectivity index (χ1) is 25.7. The summed E-state index contributed by atoms with van der Waals surface area (Å²) in [6.45, 7) is 6.01. The van der Waals surface area contributed by atoms with E-state index in [0.29, 0.717) is 0 Å². The van der Waals surface area contributed by atoms with Gasteiger partial charge in [-0.2, -0.15) is 0 Å². The summed E-state index contributed by atoms with van der Waals surface area (Å²) in [4.78, 5) is 2.31. The van der Waals surface area contributed by atoms with Crippen LogP contribution < -0.4 is 4.90 Å². The summed E-state index contributed by atoms with van der Waals surface area (Å²) >= 11 is 0. The van der Waals surface area contributed by atoms with E-state index in [4.69, 9.17) is 4.42 Å². The molecule has 3 nitrogen and oxygen atoms in total. The highest BCUT2D eigenvalue weighted by Crippen LogP contribution is 2.40. The fourth-order valence-corrected chi connectivity index (χ4v) is 7.44. The van der Waals surface area contributed by atoms with Crippen molar-refractivity contribution in [3.05, 3.63) is 194 Å². The number of benzene rings is 7. The van der Waals surface area contributed by atoms with Crippen molar-refractivity contribution in [3.8, 4) is 27.9 Å². The Morgan fingerprint density at radius 1 is 0.519 bits per heavy atom. The van der Waals surface area contributed by atoms with Crippen molar-refractivity contribution in [1.29, 1.82) is 0 Å². The van der Waals surface area contributed by atoms with Crippen molar-refractivity contribution in [3.63, 3.8) is 0 Å². The molecule has 2 heterocycles. The molecule has 0 amide bonds. The third kappa shape index (κ3) is 5.40. The average Bonchev–Trinajstić information content (AvgIpc) is 3.74. The Balaban J connectivity index is 1.10. The summed E-state index contributed by atoms with van der Waals surface area (Å²) in [6.07, 6.45) is 5.91. The maximum atomic E-state index is 6.16. The van der Waals surface area contributed by atoms with Crippen molar-refractivity contribution in [2.75, 3.05) is 4.90 Å². The molecule has 0 unspecified atom stereocenters. The smallest absolute Gasteiger partial charge is 0.135 e. The van der Waals surface area contributed by atoms with Gasteiger partial charge in [-0.05, 0) is 102 Å². The molecule has 2 aromatic heterocycles. The first kappa shape index (κ1) is 31.2. The normalized spacial score (nSPS) is 11.6. The zero-order chi connectivity index (χ0) is 35.0. The number of allylic oxidation sites excluding steroid dienone is 1. The molecule has 0 saturated carbocycles. The van der Waals surface area contributed by atoms with Crippen LogP contribution in [0, 0.1) is 0 Å². The van der Waals surface area contributed by atoms with Crippen molar-refractivity contribution in [2.45, 2.75) is 6.92 Å². The Morgan fingerprint density at radius 2 is 1.02 bits per heavy atom. The molecule has 9 aromatic rings. The summed E-state index contributed by atoms with van der Waals surface area (Å²) in [5, 5.41) is 3.59. The lowest BCUT2D eigenvalue weighted by Gasteiger charge is -2.26. The van der Waals surface area contributed by atoms with E-state index in [0.717, 1.165) is 50.6 Å². The fraction of sp³-hybridized carbons (Fsp3) is 0.0204. The molecule has 248 valence electrons. The van der Waals surface area contributed by atoms with Crippen LogP contribution in [0.4, 0.5) is 17.1 Å². The summed E-state index contributed by atoms with van der Waals surface area (Å²) in [5.74, 6) is 0.775. The molecule has 0 fully saturated rings. The molecule has 9 rings (SSSR count). The van der Waals surface area contributed by atoms with Gasteiger partial charge in [0.1, 0.15) is 11.3 Å². The molecular formula is C49H36N2O. The molecule has 0 aliphatic heterocycles. The topological polar surface area (TPSA) is 21.3 Å². The molecule has 0 saturated heterocycles. The Bertz CT molecular complexity index is 2680. The number of fused-ring (bicyclic) bond motifs is 4. The first-order valence-corrected chi connectivity index (χ1v) is 17.7. The van der Waals surface area contributed by atoms with Gasteiger partial charge < -0.3 is 13.9 Å². The van der Waals surface area contributed by atoms with E-state index >= 15 is 0 Å². The average molecular weight is 669 g/mol. The summed E-state index contributed by atoms with van der Waals surface area (Å²) in [5.41, 5.74) is 13.3. The van der Waals surface area contributed by atoms with Gasteiger partial charge in [-0.15, -0.1) is 0 Å². The summed E-state index contributed by atoms with van der Waals surface area (Å²) in [7, 11) is 0. The molecule has 0 spiro atoms. The lowest BCUT2D eigenvalue weighted by Crippen LogP contribution is -2.09. The zero-order valence-corrected chi connectivity index (χ0v) is 28.9. The predicted octanol–water partition coefficient (Wildman–Crippen LogP) is 14.0. The Morgan fingerprint density at radius 3 is 1.58 bits per heavy atom. The van der Waals surface area contributed by atoms with Gasteiger partial charge >= 0.3 is 0 Å².